The van der Waals surface area contributed by atoms with Crippen LogP contribution in [0.3, 0.4) is 0 Å². The van der Waals surface area contributed by atoms with E-state index in [0.717, 1.165) is 6.07 Å². The number of non-ortho nitro benzene ring substituents is 1. The summed E-state index contributed by atoms with van der Waals surface area (Å²) >= 11 is 0. The number of nitrogens with zero attached hydrogens (tertiary/aromatic N) is 1. The lowest BCUT2D eigenvalue weighted by Crippen LogP contribution is -2.19. The first kappa shape index (κ1) is 15.4. The van der Waals surface area contributed by atoms with Gasteiger partial charge < -0.3 is 10.1 Å². The van der Waals surface area contributed by atoms with E-state index in [4.69, 9.17) is 0 Å². The number of amides is 1. The first-order chi connectivity index (χ1) is 9.43. The Labute approximate surface area is 115 Å². The van der Waals surface area contributed by atoms with E-state index in [0.29, 0.717) is 12.1 Å². The summed E-state index contributed by atoms with van der Waals surface area (Å²) in [6.07, 6.45) is 3.21. The molecule has 0 aliphatic heterocycles. The Morgan fingerprint density at radius 3 is 2.65 bits per heavy atom. The summed E-state index contributed by atoms with van der Waals surface area (Å²) in [5.74, 6) is -0.825. The van der Waals surface area contributed by atoms with Gasteiger partial charge in [0.1, 0.15) is 0 Å². The van der Waals surface area contributed by atoms with Crippen LogP contribution in [-0.4, -0.2) is 30.5 Å². The van der Waals surface area contributed by atoms with E-state index in [9.17, 15) is 19.7 Å². The molecule has 106 valence electrons. The van der Waals surface area contributed by atoms with Crippen LogP contribution in [0.15, 0.2) is 24.3 Å². The maximum atomic E-state index is 11.4. The second-order valence-corrected chi connectivity index (χ2v) is 3.90. The number of methoxy groups -OCH3 is 1. The van der Waals surface area contributed by atoms with Crippen molar-refractivity contribution in [3.8, 4) is 0 Å². The summed E-state index contributed by atoms with van der Waals surface area (Å²) in [7, 11) is 1.20. The molecule has 20 heavy (non-hydrogen) atoms. The summed E-state index contributed by atoms with van der Waals surface area (Å²) in [6.45, 7) is 1.68. The van der Waals surface area contributed by atoms with Crippen molar-refractivity contribution in [2.45, 2.75) is 6.92 Å². The van der Waals surface area contributed by atoms with Gasteiger partial charge in [-0.25, -0.2) is 4.79 Å². The number of nitrogens with one attached hydrogen (secondary N) is 1. The lowest BCUT2D eigenvalue weighted by molar-refractivity contribution is -0.384. The highest BCUT2D eigenvalue weighted by Gasteiger charge is 2.13. The number of nitro groups is 1. The molecule has 1 amide bonds. The van der Waals surface area contributed by atoms with Gasteiger partial charge in [0.2, 0.25) is 5.91 Å². The fraction of sp³-hybridized carbons (Fsp3) is 0.231. The smallest absolute Gasteiger partial charge is 0.338 e. The molecular formula is C13H14N2O5. The highest BCUT2D eigenvalue weighted by molar-refractivity contribution is 5.91. The van der Waals surface area contributed by atoms with Crippen LogP contribution >= 0.6 is 0 Å². The Bertz CT molecular complexity index is 566. The lowest BCUT2D eigenvalue weighted by atomic mass is 10.1. The first-order valence-corrected chi connectivity index (χ1v) is 5.73. The number of ether oxygens (including phenoxy) is 1. The molecule has 1 rings (SSSR count). The number of benzene rings is 1. The van der Waals surface area contributed by atoms with Gasteiger partial charge in [0.25, 0.3) is 5.69 Å². The highest BCUT2D eigenvalue weighted by Crippen LogP contribution is 2.19. The standard InChI is InChI=1S/C13H14N2O5/c1-9(16)14-5-3-4-10-6-11(13(17)20-2)8-12(7-10)15(18)19/h3-4,6-8H,5H2,1-2H3,(H,14,16). The Hall–Kier alpha value is -2.70. The van der Waals surface area contributed by atoms with Gasteiger partial charge in [-0.3, -0.25) is 14.9 Å². The van der Waals surface area contributed by atoms with Crippen LogP contribution in [0.25, 0.3) is 6.08 Å². The second kappa shape index (κ2) is 7.03. The van der Waals surface area contributed by atoms with E-state index in [1.165, 1.54) is 26.2 Å². The third kappa shape index (κ3) is 4.52. The van der Waals surface area contributed by atoms with Crippen LogP contribution < -0.4 is 5.32 Å². The molecule has 0 saturated heterocycles. The second-order valence-electron chi connectivity index (χ2n) is 3.90. The highest BCUT2D eigenvalue weighted by atomic mass is 16.6. The van der Waals surface area contributed by atoms with Crippen molar-refractivity contribution in [2.24, 2.45) is 0 Å². The van der Waals surface area contributed by atoms with Crippen LogP contribution in [0.2, 0.25) is 0 Å². The fourth-order valence-corrected chi connectivity index (χ4v) is 1.47. The van der Waals surface area contributed by atoms with Crippen LogP contribution in [-0.2, 0) is 9.53 Å². The summed E-state index contributed by atoms with van der Waals surface area (Å²) in [5.41, 5.74) is 0.373. The number of carbonyl (C=O) groups is 2. The van der Waals surface area contributed by atoms with Gasteiger partial charge >= 0.3 is 5.97 Å². The molecular weight excluding hydrogens is 264 g/mol. The summed E-state index contributed by atoms with van der Waals surface area (Å²) < 4.78 is 4.54. The molecule has 0 heterocycles. The predicted octanol–water partition coefficient (Wildman–Crippen LogP) is 1.53. The molecule has 0 atom stereocenters. The van der Waals surface area contributed by atoms with Crippen LogP contribution in [0.1, 0.15) is 22.8 Å². The summed E-state index contributed by atoms with van der Waals surface area (Å²) in [6, 6.07) is 3.96. The van der Waals surface area contributed by atoms with Crippen molar-refractivity contribution in [3.63, 3.8) is 0 Å². The quantitative estimate of drug-likeness (QED) is 0.500. The van der Waals surface area contributed by atoms with Crippen LogP contribution in [0.4, 0.5) is 5.69 Å². The molecule has 0 unspecified atom stereocenters. The SMILES string of the molecule is COC(=O)c1cc(C=CCNC(C)=O)cc([N+](=O)[O-])c1. The maximum absolute atomic E-state index is 11.4. The molecule has 0 aliphatic rings. The minimum absolute atomic E-state index is 0.0980. The molecule has 0 aromatic heterocycles. The van der Waals surface area contributed by atoms with Gasteiger partial charge in [-0.2, -0.15) is 0 Å². The van der Waals surface area contributed by atoms with E-state index < -0.39 is 10.9 Å². The van der Waals surface area contributed by atoms with Crippen molar-refractivity contribution < 1.29 is 19.2 Å². The average molecular weight is 278 g/mol. The van der Waals surface area contributed by atoms with Crippen molar-refractivity contribution in [1.82, 2.24) is 5.32 Å². The number of hydrogen-bond acceptors (Lipinski definition) is 5. The van der Waals surface area contributed by atoms with Crippen molar-refractivity contribution in [1.29, 1.82) is 0 Å². The zero-order valence-corrected chi connectivity index (χ0v) is 11.1. The zero-order valence-electron chi connectivity index (χ0n) is 11.1. The van der Waals surface area contributed by atoms with Crippen LogP contribution in [0.5, 0.6) is 0 Å². The minimum Gasteiger partial charge on any atom is -0.465 e. The third-order valence-electron chi connectivity index (χ3n) is 2.35. The number of hydrogen-bond donors (Lipinski definition) is 1. The number of carbonyl (C=O) groups excluding carboxylic acids is 2. The number of esters is 1. The van der Waals surface area contributed by atoms with Gasteiger partial charge in [-0.1, -0.05) is 12.2 Å². The van der Waals surface area contributed by atoms with E-state index >= 15 is 0 Å². The molecule has 7 heteroatoms. The predicted molar refractivity (Wildman–Crippen MR) is 72.2 cm³/mol. The molecule has 1 aromatic rings. The number of rotatable bonds is 5. The largest absolute Gasteiger partial charge is 0.465 e. The summed E-state index contributed by atoms with van der Waals surface area (Å²) in [4.78, 5) is 32.3. The lowest BCUT2D eigenvalue weighted by Gasteiger charge is -2.02. The summed E-state index contributed by atoms with van der Waals surface area (Å²) in [5, 5.41) is 13.4. The molecule has 0 spiro atoms. The topological polar surface area (TPSA) is 98.5 Å². The average Bonchev–Trinajstić information content (AvgIpc) is 2.42. The molecule has 0 saturated carbocycles. The molecule has 1 aromatic carbocycles. The number of nitro benzene ring substituents is 1. The van der Waals surface area contributed by atoms with E-state index in [1.807, 2.05) is 0 Å². The maximum Gasteiger partial charge on any atom is 0.338 e. The molecule has 1 N–H and O–H groups in total. The molecule has 0 aliphatic carbocycles. The first-order valence-electron chi connectivity index (χ1n) is 5.73. The van der Waals surface area contributed by atoms with Crippen molar-refractivity contribution in [3.05, 3.63) is 45.5 Å². The normalized spacial score (nSPS) is 10.3. The van der Waals surface area contributed by atoms with E-state index in [1.54, 1.807) is 12.2 Å². The van der Waals surface area contributed by atoms with E-state index in [-0.39, 0.29) is 17.2 Å². The van der Waals surface area contributed by atoms with Crippen molar-refractivity contribution >= 4 is 23.6 Å². The molecule has 0 fully saturated rings. The van der Waals surface area contributed by atoms with E-state index in [2.05, 4.69) is 10.1 Å². The Kier molecular flexibility index (Phi) is 5.40. The van der Waals surface area contributed by atoms with Gasteiger partial charge in [0.05, 0.1) is 17.6 Å². The zero-order chi connectivity index (χ0) is 15.1. The molecule has 7 nitrogen and oxygen atoms in total. The van der Waals surface area contributed by atoms with Gasteiger partial charge in [-0.05, 0) is 11.6 Å². The van der Waals surface area contributed by atoms with Crippen LogP contribution in [0, 0.1) is 10.1 Å². The fourth-order valence-electron chi connectivity index (χ4n) is 1.47. The molecule has 0 radical (unpaired) electrons. The monoisotopic (exact) mass is 278 g/mol. The Morgan fingerprint density at radius 1 is 1.40 bits per heavy atom. The minimum atomic E-state index is -0.648. The van der Waals surface area contributed by atoms with Gasteiger partial charge in [-0.15, -0.1) is 0 Å². The van der Waals surface area contributed by atoms with Gasteiger partial charge in [0, 0.05) is 25.6 Å². The Balaban J connectivity index is 3.00. The molecule has 0 bridgehead atoms. The van der Waals surface area contributed by atoms with Gasteiger partial charge in [0.15, 0.2) is 0 Å². The Morgan fingerprint density at radius 2 is 2.10 bits per heavy atom. The van der Waals surface area contributed by atoms with Crippen molar-refractivity contribution in [2.75, 3.05) is 13.7 Å². The third-order valence-corrected chi connectivity index (χ3v) is 2.35.